The number of thiazole rings is 1. The van der Waals surface area contributed by atoms with Gasteiger partial charge in [-0.05, 0) is 24.8 Å². The normalized spacial score (nSPS) is 11.2. The van der Waals surface area contributed by atoms with Gasteiger partial charge >= 0.3 is 0 Å². The van der Waals surface area contributed by atoms with Gasteiger partial charge in [-0.2, -0.15) is 0 Å². The van der Waals surface area contributed by atoms with Crippen LogP contribution >= 0.6 is 23.1 Å². The lowest BCUT2D eigenvalue weighted by atomic mass is 10.2. The third-order valence-corrected chi connectivity index (χ3v) is 5.08. The largest absolute Gasteiger partial charge is 0.310 e. The van der Waals surface area contributed by atoms with Crippen molar-refractivity contribution in [3.63, 3.8) is 0 Å². The Morgan fingerprint density at radius 3 is 2.55 bits per heavy atom. The molecule has 108 valence electrons. The first-order chi connectivity index (χ1) is 9.60. The second-order valence-corrected chi connectivity index (χ2v) is 7.44. The fourth-order valence-corrected chi connectivity index (χ4v) is 3.55. The molecule has 0 saturated heterocycles. The highest BCUT2D eigenvalue weighted by Crippen LogP contribution is 2.29. The zero-order chi connectivity index (χ0) is 14.5. The highest BCUT2D eigenvalue weighted by Gasteiger charge is 2.09. The number of nitrogens with zero attached hydrogens (tertiary/aromatic N) is 1. The van der Waals surface area contributed by atoms with Gasteiger partial charge in [0.1, 0.15) is 5.01 Å². The van der Waals surface area contributed by atoms with E-state index in [1.807, 2.05) is 11.8 Å². The Morgan fingerprint density at radius 1 is 1.25 bits per heavy atom. The van der Waals surface area contributed by atoms with Crippen LogP contribution in [0.15, 0.2) is 29.2 Å². The van der Waals surface area contributed by atoms with Gasteiger partial charge < -0.3 is 5.32 Å². The Kier molecular flexibility index (Phi) is 5.64. The number of aromatic nitrogens is 1. The Morgan fingerprint density at radius 2 is 1.95 bits per heavy atom. The molecule has 4 heteroatoms. The van der Waals surface area contributed by atoms with Crippen LogP contribution in [0, 0.1) is 6.92 Å². The Balaban J connectivity index is 2.14. The van der Waals surface area contributed by atoms with E-state index in [2.05, 4.69) is 57.3 Å². The van der Waals surface area contributed by atoms with Crippen LogP contribution in [0.1, 0.15) is 31.3 Å². The molecule has 0 amide bonds. The topological polar surface area (TPSA) is 24.9 Å². The maximum absolute atomic E-state index is 4.71. The monoisotopic (exact) mass is 306 g/mol. The van der Waals surface area contributed by atoms with Crippen molar-refractivity contribution in [2.75, 3.05) is 5.75 Å². The minimum absolute atomic E-state index is 0.505. The number of benzene rings is 1. The molecule has 0 aliphatic carbocycles. The minimum Gasteiger partial charge on any atom is -0.310 e. The third kappa shape index (κ3) is 4.08. The van der Waals surface area contributed by atoms with Gasteiger partial charge in [0.2, 0.25) is 0 Å². The average molecular weight is 306 g/mol. The van der Waals surface area contributed by atoms with E-state index in [0.29, 0.717) is 6.04 Å². The van der Waals surface area contributed by atoms with E-state index in [4.69, 9.17) is 4.98 Å². The molecule has 1 aromatic carbocycles. The van der Waals surface area contributed by atoms with Gasteiger partial charge in [0, 0.05) is 27.9 Å². The molecule has 0 fully saturated rings. The van der Waals surface area contributed by atoms with Crippen molar-refractivity contribution in [1.82, 2.24) is 10.3 Å². The van der Waals surface area contributed by atoms with E-state index in [1.165, 1.54) is 15.3 Å². The van der Waals surface area contributed by atoms with Crippen LogP contribution in [0.4, 0.5) is 0 Å². The van der Waals surface area contributed by atoms with Crippen LogP contribution in [-0.2, 0) is 6.54 Å². The van der Waals surface area contributed by atoms with Gasteiger partial charge in [0.25, 0.3) is 0 Å². The average Bonchev–Trinajstić information content (AvgIpc) is 2.79. The highest BCUT2D eigenvalue weighted by atomic mass is 32.2. The summed E-state index contributed by atoms with van der Waals surface area (Å²) in [6.07, 6.45) is 0. The summed E-state index contributed by atoms with van der Waals surface area (Å²) >= 11 is 3.67. The zero-order valence-corrected chi connectivity index (χ0v) is 14.2. The first kappa shape index (κ1) is 15.5. The Labute approximate surface area is 130 Å². The number of hydrogen-bond acceptors (Lipinski definition) is 4. The smallest absolute Gasteiger partial charge is 0.123 e. The quantitative estimate of drug-likeness (QED) is 0.781. The van der Waals surface area contributed by atoms with E-state index in [-0.39, 0.29) is 0 Å². The molecular formula is C16H22N2S2. The summed E-state index contributed by atoms with van der Waals surface area (Å²) in [5.41, 5.74) is 2.36. The van der Waals surface area contributed by atoms with Gasteiger partial charge in [-0.25, -0.2) is 4.98 Å². The predicted octanol–water partition coefficient (Wildman–Crippen LogP) is 4.73. The summed E-state index contributed by atoms with van der Waals surface area (Å²) in [6, 6.07) is 9.23. The van der Waals surface area contributed by atoms with Gasteiger partial charge in [-0.15, -0.1) is 23.1 Å². The number of nitrogens with one attached hydrogen (secondary N) is 1. The number of hydrogen-bond donors (Lipinski definition) is 1. The molecule has 2 nitrogen and oxygen atoms in total. The van der Waals surface area contributed by atoms with Crippen LogP contribution < -0.4 is 5.32 Å². The highest BCUT2D eigenvalue weighted by molar-refractivity contribution is 7.99. The fraction of sp³-hybridized carbons (Fsp3) is 0.438. The van der Waals surface area contributed by atoms with Crippen molar-refractivity contribution in [3.8, 4) is 10.6 Å². The van der Waals surface area contributed by atoms with Crippen LogP contribution in [0.5, 0.6) is 0 Å². The van der Waals surface area contributed by atoms with E-state index in [1.54, 1.807) is 11.3 Å². The van der Waals surface area contributed by atoms with Gasteiger partial charge in [0.05, 0.1) is 5.69 Å². The Hall–Kier alpha value is -0.840. The minimum atomic E-state index is 0.505. The molecule has 2 rings (SSSR count). The molecule has 0 spiro atoms. The fourth-order valence-electron chi connectivity index (χ4n) is 1.87. The van der Waals surface area contributed by atoms with Crippen LogP contribution in [0.25, 0.3) is 10.6 Å². The lowest BCUT2D eigenvalue weighted by Crippen LogP contribution is -2.21. The first-order valence-electron chi connectivity index (χ1n) is 7.03. The molecule has 1 aromatic heterocycles. The van der Waals surface area contributed by atoms with Crippen molar-refractivity contribution in [2.45, 2.75) is 45.2 Å². The van der Waals surface area contributed by atoms with E-state index in [9.17, 15) is 0 Å². The summed E-state index contributed by atoms with van der Waals surface area (Å²) in [7, 11) is 0. The number of thioether (sulfide) groups is 1. The SMILES string of the molecule is CCSc1ccc(-c2nc(C)c(CNC(C)C)s2)cc1. The van der Waals surface area contributed by atoms with E-state index < -0.39 is 0 Å². The summed E-state index contributed by atoms with van der Waals surface area (Å²) in [5, 5.41) is 4.58. The lowest BCUT2D eigenvalue weighted by molar-refractivity contribution is 0.591. The molecule has 0 atom stereocenters. The molecule has 20 heavy (non-hydrogen) atoms. The maximum atomic E-state index is 4.71. The van der Waals surface area contributed by atoms with Crippen LogP contribution in [0.2, 0.25) is 0 Å². The Bertz CT molecular complexity index is 544. The second-order valence-electron chi connectivity index (χ2n) is 5.02. The molecule has 2 aromatic rings. The molecule has 0 saturated carbocycles. The maximum Gasteiger partial charge on any atom is 0.123 e. The first-order valence-corrected chi connectivity index (χ1v) is 8.83. The zero-order valence-electron chi connectivity index (χ0n) is 12.6. The van der Waals surface area contributed by atoms with Crippen LogP contribution in [0.3, 0.4) is 0 Å². The molecule has 0 aliphatic heterocycles. The van der Waals surface area contributed by atoms with Gasteiger partial charge in [0.15, 0.2) is 0 Å². The predicted molar refractivity (Wildman–Crippen MR) is 90.7 cm³/mol. The molecule has 1 heterocycles. The molecule has 0 unspecified atom stereocenters. The van der Waals surface area contributed by atoms with Gasteiger partial charge in [-0.1, -0.05) is 32.9 Å². The molecular weight excluding hydrogens is 284 g/mol. The number of rotatable bonds is 6. The van der Waals surface area contributed by atoms with E-state index in [0.717, 1.165) is 23.0 Å². The van der Waals surface area contributed by atoms with Crippen molar-refractivity contribution in [3.05, 3.63) is 34.8 Å². The molecule has 0 bridgehead atoms. The summed E-state index contributed by atoms with van der Waals surface area (Å²) in [4.78, 5) is 7.37. The molecule has 1 N–H and O–H groups in total. The molecule has 0 aliphatic rings. The third-order valence-electron chi connectivity index (χ3n) is 2.98. The van der Waals surface area contributed by atoms with Crippen molar-refractivity contribution in [1.29, 1.82) is 0 Å². The summed E-state index contributed by atoms with van der Waals surface area (Å²) < 4.78 is 0. The van der Waals surface area contributed by atoms with E-state index >= 15 is 0 Å². The second kappa shape index (κ2) is 7.25. The van der Waals surface area contributed by atoms with Gasteiger partial charge in [-0.3, -0.25) is 0 Å². The van der Waals surface area contributed by atoms with Crippen molar-refractivity contribution in [2.24, 2.45) is 0 Å². The standard InChI is InChI=1S/C16H22N2S2/c1-5-19-14-8-6-13(7-9-14)16-18-12(4)15(20-16)10-17-11(2)3/h6-9,11,17H,5,10H2,1-4H3. The van der Waals surface area contributed by atoms with Crippen molar-refractivity contribution < 1.29 is 0 Å². The van der Waals surface area contributed by atoms with Crippen molar-refractivity contribution >= 4 is 23.1 Å². The summed E-state index contributed by atoms with van der Waals surface area (Å²) in [5.74, 6) is 1.11. The lowest BCUT2D eigenvalue weighted by Gasteiger charge is -2.05. The number of aryl methyl sites for hydroxylation is 1. The molecule has 0 radical (unpaired) electrons. The summed E-state index contributed by atoms with van der Waals surface area (Å²) in [6.45, 7) is 9.52. The van der Waals surface area contributed by atoms with Crippen LogP contribution in [-0.4, -0.2) is 16.8 Å².